The number of para-hydroxylation sites is 1. The van der Waals surface area contributed by atoms with E-state index in [4.69, 9.17) is 11.6 Å². The van der Waals surface area contributed by atoms with Gasteiger partial charge in [-0.2, -0.15) is 0 Å². The zero-order valence-electron chi connectivity index (χ0n) is 11.6. The third-order valence-corrected chi connectivity index (χ3v) is 3.37. The molecule has 0 spiro atoms. The van der Waals surface area contributed by atoms with Gasteiger partial charge in [0.2, 0.25) is 0 Å². The van der Waals surface area contributed by atoms with Crippen molar-refractivity contribution >= 4 is 23.2 Å². The number of amides is 1. The molecule has 1 aromatic carbocycles. The molecule has 0 radical (unpaired) electrons. The minimum Gasteiger partial charge on any atom is -0.346 e. The Kier molecular flexibility index (Phi) is 4.30. The number of halogens is 1. The van der Waals surface area contributed by atoms with Crippen LogP contribution in [0.1, 0.15) is 13.3 Å². The standard InChI is InChI=1S/C16H17ClN2O/c1-12(2)19(13-8-5-4-6-9-13)16(20)15-14(17)10-7-11-18(15)3/h4-9,11H,1,10H2,2-3H3. The van der Waals surface area contributed by atoms with Crippen molar-refractivity contribution in [3.63, 3.8) is 0 Å². The fourth-order valence-electron chi connectivity index (χ4n) is 2.14. The second kappa shape index (κ2) is 5.97. The molecule has 0 N–H and O–H groups in total. The predicted molar refractivity (Wildman–Crippen MR) is 83.1 cm³/mol. The predicted octanol–water partition coefficient (Wildman–Crippen LogP) is 3.85. The van der Waals surface area contributed by atoms with Gasteiger partial charge in [0.15, 0.2) is 0 Å². The van der Waals surface area contributed by atoms with Gasteiger partial charge in [0, 0.05) is 31.1 Å². The van der Waals surface area contributed by atoms with Gasteiger partial charge in [0.1, 0.15) is 5.70 Å². The summed E-state index contributed by atoms with van der Waals surface area (Å²) >= 11 is 6.22. The second-order valence-electron chi connectivity index (χ2n) is 4.66. The summed E-state index contributed by atoms with van der Waals surface area (Å²) in [5.41, 5.74) is 1.92. The monoisotopic (exact) mass is 288 g/mol. The van der Waals surface area contributed by atoms with Crippen LogP contribution < -0.4 is 4.90 Å². The molecule has 1 aromatic rings. The minimum atomic E-state index is -0.166. The summed E-state index contributed by atoms with van der Waals surface area (Å²) in [4.78, 5) is 16.1. The topological polar surface area (TPSA) is 23.6 Å². The van der Waals surface area contributed by atoms with Gasteiger partial charge in [-0.15, -0.1) is 0 Å². The van der Waals surface area contributed by atoms with Crippen LogP contribution in [-0.4, -0.2) is 17.9 Å². The minimum absolute atomic E-state index is 0.166. The van der Waals surface area contributed by atoms with Crippen molar-refractivity contribution in [3.8, 4) is 0 Å². The van der Waals surface area contributed by atoms with Crippen molar-refractivity contribution < 1.29 is 4.79 Å². The first-order chi connectivity index (χ1) is 9.52. The van der Waals surface area contributed by atoms with Gasteiger partial charge in [-0.05, 0) is 19.1 Å². The van der Waals surface area contributed by atoms with Crippen molar-refractivity contribution in [3.05, 3.63) is 65.6 Å². The van der Waals surface area contributed by atoms with Gasteiger partial charge < -0.3 is 4.90 Å². The number of allylic oxidation sites excluding steroid dienone is 3. The van der Waals surface area contributed by atoms with Crippen molar-refractivity contribution in [2.75, 3.05) is 11.9 Å². The zero-order chi connectivity index (χ0) is 14.7. The highest BCUT2D eigenvalue weighted by Crippen LogP contribution is 2.27. The van der Waals surface area contributed by atoms with Crippen LogP contribution in [0.3, 0.4) is 0 Å². The van der Waals surface area contributed by atoms with E-state index in [1.54, 1.807) is 16.7 Å². The van der Waals surface area contributed by atoms with Gasteiger partial charge in [-0.1, -0.05) is 42.5 Å². The highest BCUT2D eigenvalue weighted by atomic mass is 35.5. The van der Waals surface area contributed by atoms with Crippen LogP contribution in [-0.2, 0) is 4.79 Å². The average molecular weight is 289 g/mol. The summed E-state index contributed by atoms with van der Waals surface area (Å²) in [5, 5.41) is 0.544. The van der Waals surface area contributed by atoms with Crippen LogP contribution in [0.25, 0.3) is 0 Å². The highest BCUT2D eigenvalue weighted by molar-refractivity contribution is 6.32. The first-order valence-electron chi connectivity index (χ1n) is 6.35. The fraction of sp³-hybridized carbons (Fsp3) is 0.188. The first kappa shape index (κ1) is 14.4. The normalized spacial score (nSPS) is 14.4. The Bertz CT molecular complexity index is 590. The van der Waals surface area contributed by atoms with E-state index in [2.05, 4.69) is 6.58 Å². The zero-order valence-corrected chi connectivity index (χ0v) is 12.4. The van der Waals surface area contributed by atoms with Crippen LogP contribution in [0.4, 0.5) is 5.69 Å². The van der Waals surface area contributed by atoms with Crippen LogP contribution in [0.15, 0.2) is 65.6 Å². The molecule has 0 fully saturated rings. The number of benzene rings is 1. The SMILES string of the molecule is C=C(C)N(C(=O)C1=C(Cl)CC=CN1C)c1ccccc1. The Hall–Kier alpha value is -2.00. The van der Waals surface area contributed by atoms with Gasteiger partial charge in [-0.25, -0.2) is 0 Å². The quantitative estimate of drug-likeness (QED) is 0.843. The van der Waals surface area contributed by atoms with E-state index in [-0.39, 0.29) is 5.91 Å². The second-order valence-corrected chi connectivity index (χ2v) is 5.12. The molecule has 20 heavy (non-hydrogen) atoms. The summed E-state index contributed by atoms with van der Waals surface area (Å²) in [6, 6.07) is 9.43. The van der Waals surface area contributed by atoms with Crippen LogP contribution >= 0.6 is 11.6 Å². The molecular formula is C16H17ClN2O. The lowest BCUT2D eigenvalue weighted by Gasteiger charge is -2.29. The molecule has 0 atom stereocenters. The molecule has 0 bridgehead atoms. The molecule has 104 valence electrons. The van der Waals surface area contributed by atoms with Crippen LogP contribution in [0.5, 0.6) is 0 Å². The van der Waals surface area contributed by atoms with E-state index in [0.717, 1.165) is 5.69 Å². The Morgan fingerprint density at radius 3 is 2.55 bits per heavy atom. The summed E-state index contributed by atoms with van der Waals surface area (Å²) < 4.78 is 0. The Balaban J connectivity index is 2.41. The fourth-order valence-corrected chi connectivity index (χ4v) is 2.44. The molecule has 0 saturated heterocycles. The number of hydrogen-bond donors (Lipinski definition) is 0. The molecule has 1 heterocycles. The smallest absolute Gasteiger partial charge is 0.280 e. The van der Waals surface area contributed by atoms with Crippen LogP contribution in [0.2, 0.25) is 0 Å². The molecule has 0 aromatic heterocycles. The summed E-state index contributed by atoms with van der Waals surface area (Å²) in [5.74, 6) is -0.166. The number of rotatable bonds is 3. The number of carbonyl (C=O) groups is 1. The molecule has 1 aliphatic rings. The van der Waals surface area contributed by atoms with E-state index < -0.39 is 0 Å². The lowest BCUT2D eigenvalue weighted by atomic mass is 10.2. The van der Waals surface area contributed by atoms with Gasteiger partial charge in [0.05, 0.1) is 5.03 Å². The molecule has 0 saturated carbocycles. The Morgan fingerprint density at radius 2 is 2.00 bits per heavy atom. The largest absolute Gasteiger partial charge is 0.346 e. The summed E-state index contributed by atoms with van der Waals surface area (Å²) in [6.45, 7) is 5.70. The van der Waals surface area contributed by atoms with Crippen LogP contribution in [0, 0.1) is 0 Å². The Morgan fingerprint density at radius 1 is 1.35 bits per heavy atom. The maximum atomic E-state index is 12.8. The van der Waals surface area contributed by atoms with Crippen molar-refractivity contribution in [2.45, 2.75) is 13.3 Å². The lowest BCUT2D eigenvalue weighted by molar-refractivity contribution is -0.115. The molecular weight excluding hydrogens is 272 g/mol. The number of anilines is 1. The molecule has 3 nitrogen and oxygen atoms in total. The van der Waals surface area contributed by atoms with Crippen molar-refractivity contribution in [2.24, 2.45) is 0 Å². The molecule has 4 heteroatoms. The number of likely N-dealkylation sites (N-methyl/N-ethyl adjacent to an activating group) is 1. The number of hydrogen-bond acceptors (Lipinski definition) is 2. The highest BCUT2D eigenvalue weighted by Gasteiger charge is 2.26. The molecule has 0 unspecified atom stereocenters. The van der Waals surface area contributed by atoms with Crippen molar-refractivity contribution in [1.29, 1.82) is 0 Å². The molecule has 2 rings (SSSR count). The lowest BCUT2D eigenvalue weighted by Crippen LogP contribution is -2.35. The molecule has 1 amide bonds. The summed E-state index contributed by atoms with van der Waals surface area (Å²) in [6.07, 6.45) is 4.35. The van der Waals surface area contributed by atoms with Gasteiger partial charge in [-0.3, -0.25) is 9.69 Å². The van der Waals surface area contributed by atoms with E-state index in [1.807, 2.05) is 49.7 Å². The average Bonchev–Trinajstić information content (AvgIpc) is 2.39. The van der Waals surface area contributed by atoms with Crippen molar-refractivity contribution in [1.82, 2.24) is 4.90 Å². The molecule has 0 aliphatic carbocycles. The number of carbonyl (C=O) groups excluding carboxylic acids is 1. The first-order valence-corrected chi connectivity index (χ1v) is 6.73. The third kappa shape index (κ3) is 2.78. The van der Waals surface area contributed by atoms with Gasteiger partial charge in [0.25, 0.3) is 5.91 Å². The third-order valence-electron chi connectivity index (χ3n) is 3.04. The summed E-state index contributed by atoms with van der Waals surface area (Å²) in [7, 11) is 1.81. The van der Waals surface area contributed by atoms with E-state index in [1.165, 1.54) is 0 Å². The van der Waals surface area contributed by atoms with E-state index in [0.29, 0.717) is 22.8 Å². The maximum Gasteiger partial charge on any atom is 0.280 e. The Labute approximate surface area is 124 Å². The maximum absolute atomic E-state index is 12.8. The molecule has 1 aliphatic heterocycles. The van der Waals surface area contributed by atoms with E-state index in [9.17, 15) is 4.79 Å². The van der Waals surface area contributed by atoms with E-state index >= 15 is 0 Å². The van der Waals surface area contributed by atoms with Gasteiger partial charge >= 0.3 is 0 Å². The number of nitrogens with zero attached hydrogens (tertiary/aromatic N) is 2.